The summed E-state index contributed by atoms with van der Waals surface area (Å²) in [6.07, 6.45) is 0. The van der Waals surface area contributed by atoms with Crippen molar-refractivity contribution in [3.8, 4) is 0 Å². The molecule has 1 aromatic carbocycles. The highest BCUT2D eigenvalue weighted by molar-refractivity contribution is 7.79. The Morgan fingerprint density at radius 2 is 2.07 bits per heavy atom. The van der Waals surface area contributed by atoms with Gasteiger partial charge in [-0.05, 0) is 12.1 Å². The molecular weight excluding hydrogens is 226 g/mol. The van der Waals surface area contributed by atoms with Crippen molar-refractivity contribution in [1.29, 1.82) is 0 Å². The second-order valence-corrected chi connectivity index (χ2v) is 3.43. The lowest BCUT2D eigenvalue weighted by Crippen LogP contribution is -2.02. The number of benzene rings is 1. The molecule has 0 saturated heterocycles. The number of aromatic carboxylic acids is 1. The fourth-order valence-electron chi connectivity index (χ4n) is 0.941. The highest BCUT2D eigenvalue weighted by Crippen LogP contribution is 2.22. The molecule has 1 atom stereocenters. The van der Waals surface area contributed by atoms with E-state index < -0.39 is 32.6 Å². The molecule has 8 heteroatoms. The Kier molecular flexibility index (Phi) is 3.12. The van der Waals surface area contributed by atoms with Gasteiger partial charge in [0.2, 0.25) is 0 Å². The predicted molar refractivity (Wildman–Crippen MR) is 49.1 cm³/mol. The zero-order chi connectivity index (χ0) is 11.6. The van der Waals surface area contributed by atoms with E-state index in [1.807, 2.05) is 0 Å². The Bertz CT molecular complexity index is 457. The Morgan fingerprint density at radius 3 is 2.47 bits per heavy atom. The Labute approximate surface area is 85.8 Å². The molecule has 0 aromatic heterocycles. The molecule has 0 aliphatic heterocycles. The van der Waals surface area contributed by atoms with Gasteiger partial charge in [-0.3, -0.25) is 10.1 Å². The smallest absolute Gasteiger partial charge is 0.335 e. The molecule has 0 aliphatic rings. The van der Waals surface area contributed by atoms with E-state index in [4.69, 9.17) is 9.66 Å². The zero-order valence-electron chi connectivity index (χ0n) is 7.11. The van der Waals surface area contributed by atoms with Crippen LogP contribution in [-0.2, 0) is 11.1 Å². The highest BCUT2D eigenvalue weighted by atomic mass is 32.2. The van der Waals surface area contributed by atoms with Gasteiger partial charge in [0.05, 0.1) is 10.5 Å². The molecule has 0 radical (unpaired) electrons. The van der Waals surface area contributed by atoms with Crippen LogP contribution in [0, 0.1) is 10.1 Å². The van der Waals surface area contributed by atoms with E-state index in [0.717, 1.165) is 18.2 Å². The van der Waals surface area contributed by atoms with E-state index >= 15 is 0 Å². The number of rotatable bonds is 3. The minimum Gasteiger partial charge on any atom is -0.478 e. The number of nitrogens with zero attached hydrogens (tertiary/aromatic N) is 1. The monoisotopic (exact) mass is 231 g/mol. The van der Waals surface area contributed by atoms with Gasteiger partial charge in [-0.15, -0.1) is 0 Å². The van der Waals surface area contributed by atoms with Crippen LogP contribution >= 0.6 is 0 Å². The molecule has 0 bridgehead atoms. The fraction of sp³-hybridized carbons (Fsp3) is 0. The number of hydrogen-bond acceptors (Lipinski definition) is 4. The summed E-state index contributed by atoms with van der Waals surface area (Å²) < 4.78 is 19.4. The molecule has 0 spiro atoms. The number of carbonyl (C=O) groups is 1. The third-order valence-corrected chi connectivity index (χ3v) is 2.31. The van der Waals surface area contributed by atoms with Crippen molar-refractivity contribution in [2.24, 2.45) is 0 Å². The van der Waals surface area contributed by atoms with Crippen molar-refractivity contribution in [1.82, 2.24) is 0 Å². The van der Waals surface area contributed by atoms with Gasteiger partial charge in [0, 0.05) is 6.07 Å². The van der Waals surface area contributed by atoms with E-state index in [9.17, 15) is 19.1 Å². The lowest BCUT2D eigenvalue weighted by atomic mass is 10.2. The summed E-state index contributed by atoms with van der Waals surface area (Å²) in [6, 6.07) is 2.71. The summed E-state index contributed by atoms with van der Waals surface area (Å²) >= 11 is -2.52. The first-order valence-corrected chi connectivity index (χ1v) is 4.66. The van der Waals surface area contributed by atoms with Crippen LogP contribution in [0.2, 0.25) is 0 Å². The minimum absolute atomic E-state index is 0.309. The SMILES string of the molecule is O=C(O)c1ccc(S(=O)O)c([N+](=O)[O-])c1. The van der Waals surface area contributed by atoms with Crippen molar-refractivity contribution in [2.75, 3.05) is 0 Å². The first kappa shape index (κ1) is 11.3. The van der Waals surface area contributed by atoms with Crippen LogP contribution < -0.4 is 0 Å². The van der Waals surface area contributed by atoms with E-state index in [1.54, 1.807) is 0 Å². The predicted octanol–water partition coefficient (Wildman–Crippen LogP) is 0.874. The Balaban J connectivity index is 3.40. The molecule has 2 N–H and O–H groups in total. The van der Waals surface area contributed by atoms with Crippen LogP contribution in [0.15, 0.2) is 23.1 Å². The molecule has 7 nitrogen and oxygen atoms in total. The van der Waals surface area contributed by atoms with Gasteiger partial charge in [-0.25, -0.2) is 9.00 Å². The Morgan fingerprint density at radius 1 is 1.47 bits per heavy atom. The minimum atomic E-state index is -2.52. The number of carboxylic acid groups (broad SMARTS) is 1. The van der Waals surface area contributed by atoms with Gasteiger partial charge in [0.15, 0.2) is 11.1 Å². The lowest BCUT2D eigenvalue weighted by molar-refractivity contribution is -0.387. The molecule has 0 aliphatic carbocycles. The molecule has 1 unspecified atom stereocenters. The number of nitro benzene ring substituents is 1. The quantitative estimate of drug-likeness (QED) is 0.452. The summed E-state index contributed by atoms with van der Waals surface area (Å²) in [5, 5.41) is 19.0. The fourth-order valence-corrected chi connectivity index (χ4v) is 1.44. The second-order valence-electron chi connectivity index (χ2n) is 2.49. The number of nitro groups is 1. The van der Waals surface area contributed by atoms with Crippen molar-refractivity contribution >= 4 is 22.7 Å². The number of carboxylic acids is 1. The van der Waals surface area contributed by atoms with Crippen molar-refractivity contribution in [3.63, 3.8) is 0 Å². The Hall–Kier alpha value is -1.80. The molecule has 1 rings (SSSR count). The topological polar surface area (TPSA) is 118 Å². The van der Waals surface area contributed by atoms with Crippen LogP contribution in [-0.4, -0.2) is 24.8 Å². The molecule has 15 heavy (non-hydrogen) atoms. The van der Waals surface area contributed by atoms with Gasteiger partial charge in [-0.2, -0.15) is 0 Å². The molecule has 0 saturated carbocycles. The normalized spacial score (nSPS) is 12.1. The maximum Gasteiger partial charge on any atom is 0.335 e. The largest absolute Gasteiger partial charge is 0.478 e. The van der Waals surface area contributed by atoms with Gasteiger partial charge >= 0.3 is 5.97 Å². The first-order valence-electron chi connectivity index (χ1n) is 3.56. The molecule has 80 valence electrons. The average Bonchev–Trinajstić information content (AvgIpc) is 2.16. The van der Waals surface area contributed by atoms with E-state index in [2.05, 4.69) is 0 Å². The van der Waals surface area contributed by atoms with Crippen molar-refractivity contribution in [2.45, 2.75) is 4.90 Å². The molecule has 0 fully saturated rings. The average molecular weight is 231 g/mol. The van der Waals surface area contributed by atoms with Crippen LogP contribution in [0.5, 0.6) is 0 Å². The van der Waals surface area contributed by atoms with Gasteiger partial charge in [-0.1, -0.05) is 0 Å². The van der Waals surface area contributed by atoms with E-state index in [-0.39, 0.29) is 5.56 Å². The highest BCUT2D eigenvalue weighted by Gasteiger charge is 2.20. The van der Waals surface area contributed by atoms with Crippen LogP contribution in [0.25, 0.3) is 0 Å². The standard InChI is InChI=1S/C7H5NO6S/c9-7(10)4-1-2-6(15(13)14)5(3-4)8(11)12/h1-3H,(H,9,10)(H,13,14). The molecule has 0 heterocycles. The second kappa shape index (κ2) is 4.15. The van der Waals surface area contributed by atoms with Crippen LogP contribution in [0.1, 0.15) is 10.4 Å². The van der Waals surface area contributed by atoms with Crippen molar-refractivity contribution in [3.05, 3.63) is 33.9 Å². The lowest BCUT2D eigenvalue weighted by Gasteiger charge is -1.99. The summed E-state index contributed by atoms with van der Waals surface area (Å²) in [4.78, 5) is 19.6. The maximum atomic E-state index is 10.7. The summed E-state index contributed by atoms with van der Waals surface area (Å²) in [5.74, 6) is -1.34. The van der Waals surface area contributed by atoms with E-state index in [1.165, 1.54) is 0 Å². The van der Waals surface area contributed by atoms with Gasteiger partial charge < -0.3 is 9.66 Å². The van der Waals surface area contributed by atoms with Crippen molar-refractivity contribution < 1.29 is 23.6 Å². The zero-order valence-corrected chi connectivity index (χ0v) is 7.93. The third kappa shape index (κ3) is 2.36. The van der Waals surface area contributed by atoms with Gasteiger partial charge in [0.25, 0.3) is 5.69 Å². The summed E-state index contributed by atoms with van der Waals surface area (Å²) in [6.45, 7) is 0. The number of hydrogen-bond donors (Lipinski definition) is 2. The first-order chi connectivity index (χ1) is 6.93. The van der Waals surface area contributed by atoms with Crippen LogP contribution in [0.3, 0.4) is 0 Å². The molecular formula is C7H5NO6S. The summed E-state index contributed by atoms with van der Waals surface area (Å²) in [5.41, 5.74) is -0.994. The van der Waals surface area contributed by atoms with Gasteiger partial charge in [0.1, 0.15) is 4.90 Å². The van der Waals surface area contributed by atoms with E-state index in [0.29, 0.717) is 0 Å². The van der Waals surface area contributed by atoms with Crippen LogP contribution in [0.4, 0.5) is 5.69 Å². The molecule has 1 aromatic rings. The maximum absolute atomic E-state index is 10.7. The third-order valence-electron chi connectivity index (χ3n) is 1.59. The molecule has 0 amide bonds. The summed E-state index contributed by atoms with van der Waals surface area (Å²) in [7, 11) is 0.